The topological polar surface area (TPSA) is 29.5 Å². The molecule has 1 amide bonds. The van der Waals surface area contributed by atoms with Crippen molar-refractivity contribution in [3.05, 3.63) is 29.8 Å². The zero-order chi connectivity index (χ0) is 14.5. The molecule has 1 aromatic rings. The fourth-order valence-electron chi connectivity index (χ4n) is 2.02. The summed E-state index contributed by atoms with van der Waals surface area (Å²) in [6, 6.07) is 7.92. The molecule has 0 heterocycles. The van der Waals surface area contributed by atoms with Crippen molar-refractivity contribution in [2.24, 2.45) is 0 Å². The molecule has 0 radical (unpaired) electrons. The number of nitrogens with zero attached hydrogens (tertiary/aromatic N) is 1. The molecule has 0 fully saturated rings. The van der Waals surface area contributed by atoms with Gasteiger partial charge in [0.2, 0.25) is 0 Å². The van der Waals surface area contributed by atoms with Crippen molar-refractivity contribution in [3.63, 3.8) is 0 Å². The molecule has 0 aromatic heterocycles. The van der Waals surface area contributed by atoms with Crippen LogP contribution in [0.2, 0.25) is 0 Å². The summed E-state index contributed by atoms with van der Waals surface area (Å²) in [5, 5.41) is 0. The molecule has 0 atom stereocenters. The van der Waals surface area contributed by atoms with E-state index in [1.165, 1.54) is 0 Å². The number of hydrogen-bond acceptors (Lipinski definition) is 2. The van der Waals surface area contributed by atoms with Gasteiger partial charge < -0.3 is 9.64 Å². The molecule has 1 rings (SSSR count). The van der Waals surface area contributed by atoms with Gasteiger partial charge >= 0.3 is 0 Å². The van der Waals surface area contributed by atoms with E-state index in [2.05, 4.69) is 26.8 Å². The van der Waals surface area contributed by atoms with Gasteiger partial charge in [-0.05, 0) is 30.9 Å². The van der Waals surface area contributed by atoms with Crippen LogP contribution in [-0.4, -0.2) is 30.5 Å². The fraction of sp³-hybridized carbons (Fsp3) is 0.562. The predicted molar refractivity (Wildman–Crippen MR) is 78.6 cm³/mol. The van der Waals surface area contributed by atoms with Crippen molar-refractivity contribution < 1.29 is 9.53 Å². The summed E-state index contributed by atoms with van der Waals surface area (Å²) < 4.78 is 5.72. The van der Waals surface area contributed by atoms with Crippen molar-refractivity contribution in [2.75, 3.05) is 19.7 Å². The first kappa shape index (κ1) is 15.5. The summed E-state index contributed by atoms with van der Waals surface area (Å²) in [5.41, 5.74) is 1.14. The Morgan fingerprint density at radius 1 is 1.16 bits per heavy atom. The van der Waals surface area contributed by atoms with Gasteiger partial charge in [0.05, 0.1) is 0 Å². The van der Waals surface area contributed by atoms with Gasteiger partial charge in [-0.25, -0.2) is 0 Å². The second-order valence-electron chi connectivity index (χ2n) is 5.60. The highest BCUT2D eigenvalue weighted by molar-refractivity contribution is 5.77. The minimum Gasteiger partial charge on any atom is -0.483 e. The van der Waals surface area contributed by atoms with Gasteiger partial charge in [0.15, 0.2) is 6.61 Å². The molecule has 0 N–H and O–H groups in total. The van der Waals surface area contributed by atoms with Crippen LogP contribution in [0.3, 0.4) is 0 Å². The van der Waals surface area contributed by atoms with Crippen LogP contribution in [0.1, 0.15) is 40.2 Å². The standard InChI is InChI=1S/C16H25NO2/c1-6-17(7-2)15(18)12-19-14-11-9-8-10-13(14)16(3,4)5/h8-11H,6-7,12H2,1-5H3. The number of rotatable bonds is 5. The Balaban J connectivity index is 2.76. The number of hydrogen-bond donors (Lipinski definition) is 0. The first-order valence-electron chi connectivity index (χ1n) is 6.90. The maximum absolute atomic E-state index is 11.9. The van der Waals surface area contributed by atoms with Crippen LogP contribution < -0.4 is 4.74 Å². The monoisotopic (exact) mass is 263 g/mol. The minimum absolute atomic E-state index is 0.00877. The van der Waals surface area contributed by atoms with Crippen molar-refractivity contribution in [3.8, 4) is 5.75 Å². The molecule has 106 valence electrons. The summed E-state index contributed by atoms with van der Waals surface area (Å²) >= 11 is 0. The van der Waals surface area contributed by atoms with E-state index in [-0.39, 0.29) is 17.9 Å². The van der Waals surface area contributed by atoms with E-state index in [4.69, 9.17) is 4.74 Å². The molecular formula is C16H25NO2. The van der Waals surface area contributed by atoms with E-state index in [1.807, 2.05) is 32.0 Å². The first-order chi connectivity index (χ1) is 8.90. The van der Waals surface area contributed by atoms with Crippen LogP contribution in [0.5, 0.6) is 5.75 Å². The second-order valence-corrected chi connectivity index (χ2v) is 5.60. The highest BCUT2D eigenvalue weighted by Gasteiger charge is 2.19. The Morgan fingerprint density at radius 3 is 2.26 bits per heavy atom. The Kier molecular flexibility index (Phi) is 5.40. The van der Waals surface area contributed by atoms with Gasteiger partial charge in [-0.2, -0.15) is 0 Å². The van der Waals surface area contributed by atoms with Gasteiger partial charge in [0.1, 0.15) is 5.75 Å². The van der Waals surface area contributed by atoms with Gasteiger partial charge in [-0.3, -0.25) is 4.79 Å². The lowest BCUT2D eigenvalue weighted by Crippen LogP contribution is -2.34. The highest BCUT2D eigenvalue weighted by Crippen LogP contribution is 2.30. The molecular weight excluding hydrogens is 238 g/mol. The molecule has 0 saturated heterocycles. The second kappa shape index (κ2) is 6.60. The third-order valence-electron chi connectivity index (χ3n) is 3.16. The number of carbonyl (C=O) groups is 1. The smallest absolute Gasteiger partial charge is 0.260 e. The summed E-state index contributed by atoms with van der Waals surface area (Å²) in [5.74, 6) is 0.837. The average Bonchev–Trinajstić information content (AvgIpc) is 2.37. The third kappa shape index (κ3) is 4.27. The van der Waals surface area contributed by atoms with Crippen LogP contribution in [0.25, 0.3) is 0 Å². The van der Waals surface area contributed by atoms with Crippen molar-refractivity contribution in [2.45, 2.75) is 40.0 Å². The van der Waals surface area contributed by atoms with E-state index in [9.17, 15) is 4.79 Å². The summed E-state index contributed by atoms with van der Waals surface area (Å²) in [7, 11) is 0. The highest BCUT2D eigenvalue weighted by atomic mass is 16.5. The molecule has 0 bridgehead atoms. The summed E-state index contributed by atoms with van der Waals surface area (Å²) in [6.07, 6.45) is 0. The lowest BCUT2D eigenvalue weighted by atomic mass is 9.86. The Labute approximate surface area is 116 Å². The number of ether oxygens (including phenoxy) is 1. The van der Waals surface area contributed by atoms with Crippen LogP contribution in [0.15, 0.2) is 24.3 Å². The van der Waals surface area contributed by atoms with E-state index in [0.29, 0.717) is 0 Å². The number of carbonyl (C=O) groups excluding carboxylic acids is 1. The van der Waals surface area contributed by atoms with Crippen LogP contribution in [0.4, 0.5) is 0 Å². The normalized spacial score (nSPS) is 11.2. The van der Waals surface area contributed by atoms with Crippen LogP contribution in [-0.2, 0) is 10.2 Å². The number of para-hydroxylation sites is 1. The average molecular weight is 263 g/mol. The molecule has 0 aliphatic rings. The zero-order valence-corrected chi connectivity index (χ0v) is 12.7. The molecule has 0 saturated carbocycles. The van der Waals surface area contributed by atoms with Gasteiger partial charge in [-0.15, -0.1) is 0 Å². The predicted octanol–water partition coefficient (Wildman–Crippen LogP) is 3.23. The molecule has 0 aliphatic carbocycles. The lowest BCUT2D eigenvalue weighted by Gasteiger charge is -2.24. The molecule has 1 aromatic carbocycles. The minimum atomic E-state index is 0.00877. The maximum Gasteiger partial charge on any atom is 0.260 e. The van der Waals surface area contributed by atoms with E-state index < -0.39 is 0 Å². The first-order valence-corrected chi connectivity index (χ1v) is 6.90. The van der Waals surface area contributed by atoms with Crippen LogP contribution >= 0.6 is 0 Å². The number of benzene rings is 1. The van der Waals surface area contributed by atoms with Gasteiger partial charge in [0.25, 0.3) is 5.91 Å². The van der Waals surface area contributed by atoms with Gasteiger partial charge in [0, 0.05) is 13.1 Å². The molecule has 0 aliphatic heterocycles. The fourth-order valence-corrected chi connectivity index (χ4v) is 2.02. The molecule has 19 heavy (non-hydrogen) atoms. The van der Waals surface area contributed by atoms with Crippen molar-refractivity contribution in [1.82, 2.24) is 4.90 Å². The van der Waals surface area contributed by atoms with E-state index >= 15 is 0 Å². The van der Waals surface area contributed by atoms with E-state index in [1.54, 1.807) is 4.90 Å². The lowest BCUT2D eigenvalue weighted by molar-refractivity contribution is -0.133. The summed E-state index contributed by atoms with van der Waals surface area (Å²) in [6.45, 7) is 11.9. The molecule has 3 heteroatoms. The summed E-state index contributed by atoms with van der Waals surface area (Å²) in [4.78, 5) is 13.7. The van der Waals surface area contributed by atoms with Crippen molar-refractivity contribution >= 4 is 5.91 Å². The number of amides is 1. The molecule has 0 spiro atoms. The zero-order valence-electron chi connectivity index (χ0n) is 12.7. The molecule has 3 nitrogen and oxygen atoms in total. The maximum atomic E-state index is 11.9. The Morgan fingerprint density at radius 2 is 1.74 bits per heavy atom. The quantitative estimate of drug-likeness (QED) is 0.816. The van der Waals surface area contributed by atoms with Crippen molar-refractivity contribution in [1.29, 1.82) is 0 Å². The largest absolute Gasteiger partial charge is 0.483 e. The number of likely N-dealkylation sites (N-methyl/N-ethyl adjacent to an activating group) is 1. The molecule has 0 unspecified atom stereocenters. The third-order valence-corrected chi connectivity index (χ3v) is 3.16. The van der Waals surface area contributed by atoms with Gasteiger partial charge in [-0.1, -0.05) is 39.0 Å². The van der Waals surface area contributed by atoms with Crippen LogP contribution in [0, 0.1) is 0 Å². The Bertz CT molecular complexity index is 417. The van der Waals surface area contributed by atoms with E-state index in [0.717, 1.165) is 24.4 Å². The Hall–Kier alpha value is -1.51. The SMILES string of the molecule is CCN(CC)C(=O)COc1ccccc1C(C)(C)C.